The Kier molecular flexibility index (Phi) is 6.47. The van der Waals surface area contributed by atoms with E-state index in [0.717, 1.165) is 21.0 Å². The molecule has 2 unspecified atom stereocenters. The van der Waals surface area contributed by atoms with Crippen molar-refractivity contribution >= 4 is 23.2 Å². The summed E-state index contributed by atoms with van der Waals surface area (Å²) < 4.78 is 0. The number of nitrogens with zero attached hydrogens (tertiary/aromatic N) is 3. The van der Waals surface area contributed by atoms with Gasteiger partial charge >= 0.3 is 0 Å². The highest BCUT2D eigenvalue weighted by atomic mass is 32.1. The smallest absolute Gasteiger partial charge is 0.228 e. The van der Waals surface area contributed by atoms with Crippen molar-refractivity contribution < 1.29 is 9.59 Å². The van der Waals surface area contributed by atoms with E-state index < -0.39 is 0 Å². The Balaban J connectivity index is 1.63. The van der Waals surface area contributed by atoms with Crippen LogP contribution in [-0.4, -0.2) is 33.6 Å². The number of carbonyl (C=O) groups excluding carboxylic acids is 2. The lowest BCUT2D eigenvalue weighted by molar-refractivity contribution is -0.148. The number of carbonyl (C=O) groups is 2. The maximum absolute atomic E-state index is 13.6. The van der Waals surface area contributed by atoms with Gasteiger partial charge < -0.3 is 9.80 Å². The minimum atomic E-state index is -0.277. The van der Waals surface area contributed by atoms with E-state index in [2.05, 4.69) is 4.98 Å². The van der Waals surface area contributed by atoms with Crippen molar-refractivity contribution in [2.24, 2.45) is 5.92 Å². The number of thiazole rings is 1. The van der Waals surface area contributed by atoms with E-state index >= 15 is 0 Å². The van der Waals surface area contributed by atoms with Gasteiger partial charge in [-0.1, -0.05) is 60.7 Å². The molecular formula is C25H27N3O2S. The first-order chi connectivity index (χ1) is 15.0. The van der Waals surface area contributed by atoms with E-state index in [-0.39, 0.29) is 23.8 Å². The summed E-state index contributed by atoms with van der Waals surface area (Å²) in [6, 6.07) is 19.7. The molecule has 5 nitrogen and oxygen atoms in total. The first-order valence-electron chi connectivity index (χ1n) is 10.6. The van der Waals surface area contributed by atoms with E-state index in [1.807, 2.05) is 85.7 Å². The molecule has 1 aromatic heterocycles. The van der Waals surface area contributed by atoms with Crippen LogP contribution >= 0.6 is 11.3 Å². The Morgan fingerprint density at radius 3 is 2.45 bits per heavy atom. The molecule has 0 spiro atoms. The number of aromatic nitrogens is 1. The predicted octanol–water partition coefficient (Wildman–Crippen LogP) is 4.59. The van der Waals surface area contributed by atoms with E-state index in [1.165, 1.54) is 0 Å². The summed E-state index contributed by atoms with van der Waals surface area (Å²) in [7, 11) is 1.84. The summed E-state index contributed by atoms with van der Waals surface area (Å²) in [5.74, 6) is -0.101. The molecule has 3 aromatic rings. The van der Waals surface area contributed by atoms with E-state index in [9.17, 15) is 9.59 Å². The molecule has 0 saturated carbocycles. The lowest BCUT2D eigenvalue weighted by Crippen LogP contribution is -2.47. The molecule has 1 aliphatic heterocycles. The van der Waals surface area contributed by atoms with Crippen LogP contribution < -0.4 is 0 Å². The highest BCUT2D eigenvalue weighted by Crippen LogP contribution is 2.39. The van der Waals surface area contributed by atoms with Gasteiger partial charge in [0.25, 0.3) is 0 Å². The summed E-state index contributed by atoms with van der Waals surface area (Å²) in [5, 5.41) is 0.996. The van der Waals surface area contributed by atoms with Crippen LogP contribution in [0.2, 0.25) is 0 Å². The van der Waals surface area contributed by atoms with Gasteiger partial charge in [0.1, 0.15) is 0 Å². The highest BCUT2D eigenvalue weighted by Gasteiger charge is 2.41. The van der Waals surface area contributed by atoms with Gasteiger partial charge in [-0.3, -0.25) is 9.59 Å². The van der Waals surface area contributed by atoms with Crippen LogP contribution in [-0.2, 0) is 22.7 Å². The number of amides is 2. The maximum atomic E-state index is 13.6. The average Bonchev–Trinajstić information content (AvgIpc) is 3.20. The van der Waals surface area contributed by atoms with Crippen LogP contribution in [0.25, 0.3) is 0 Å². The third kappa shape index (κ3) is 4.85. The quantitative estimate of drug-likeness (QED) is 0.571. The second kappa shape index (κ2) is 9.43. The van der Waals surface area contributed by atoms with E-state index in [1.54, 1.807) is 16.2 Å². The Morgan fingerprint density at radius 2 is 1.81 bits per heavy atom. The Labute approximate surface area is 187 Å². The number of hydrogen-bond acceptors (Lipinski definition) is 4. The summed E-state index contributed by atoms with van der Waals surface area (Å²) in [6.45, 7) is 3.01. The van der Waals surface area contributed by atoms with Crippen LogP contribution in [0.3, 0.4) is 0 Å². The molecule has 0 aliphatic carbocycles. The Bertz CT molecular complexity index is 1040. The topological polar surface area (TPSA) is 53.5 Å². The molecule has 2 amide bonds. The number of aryl methyl sites for hydroxylation is 1. The lowest BCUT2D eigenvalue weighted by Gasteiger charge is -2.42. The van der Waals surface area contributed by atoms with Crippen molar-refractivity contribution in [1.29, 1.82) is 0 Å². The van der Waals surface area contributed by atoms with Crippen molar-refractivity contribution in [2.45, 2.75) is 38.9 Å². The fourth-order valence-corrected chi connectivity index (χ4v) is 5.16. The zero-order valence-corrected chi connectivity index (χ0v) is 18.7. The molecular weight excluding hydrogens is 406 g/mol. The van der Waals surface area contributed by atoms with E-state index in [0.29, 0.717) is 25.9 Å². The third-order valence-corrected chi connectivity index (χ3v) is 6.70. The summed E-state index contributed by atoms with van der Waals surface area (Å²) in [5.41, 5.74) is 2.07. The van der Waals surface area contributed by atoms with Gasteiger partial charge in [0.15, 0.2) is 0 Å². The van der Waals surface area contributed by atoms with Crippen molar-refractivity contribution in [3.63, 3.8) is 0 Å². The highest BCUT2D eigenvalue weighted by molar-refractivity contribution is 7.11. The summed E-state index contributed by atoms with van der Waals surface area (Å²) in [6.07, 6.45) is 2.79. The average molecular weight is 434 g/mol. The zero-order valence-electron chi connectivity index (χ0n) is 17.9. The first-order valence-corrected chi connectivity index (χ1v) is 11.4. The van der Waals surface area contributed by atoms with Crippen LogP contribution in [0.4, 0.5) is 0 Å². The van der Waals surface area contributed by atoms with Gasteiger partial charge in [-0.25, -0.2) is 4.98 Å². The van der Waals surface area contributed by atoms with Crippen LogP contribution in [0.15, 0.2) is 66.9 Å². The van der Waals surface area contributed by atoms with Gasteiger partial charge in [-0.05, 0) is 24.5 Å². The van der Waals surface area contributed by atoms with Crippen LogP contribution in [0.1, 0.15) is 39.9 Å². The molecule has 0 N–H and O–H groups in total. The molecule has 1 saturated heterocycles. The third-order valence-electron chi connectivity index (χ3n) is 5.80. The Hall–Kier alpha value is -2.99. The van der Waals surface area contributed by atoms with Crippen LogP contribution in [0, 0.1) is 12.8 Å². The fraction of sp³-hybridized carbons (Fsp3) is 0.320. The molecule has 1 aliphatic rings. The van der Waals surface area contributed by atoms with Gasteiger partial charge in [0.05, 0.1) is 23.5 Å². The fourth-order valence-electron chi connectivity index (χ4n) is 4.31. The second-order valence-electron chi connectivity index (χ2n) is 8.05. The molecule has 160 valence electrons. The summed E-state index contributed by atoms with van der Waals surface area (Å²) >= 11 is 1.61. The molecule has 1 fully saturated rings. The van der Waals surface area contributed by atoms with Gasteiger partial charge in [0.2, 0.25) is 11.8 Å². The largest absolute Gasteiger partial charge is 0.340 e. The zero-order chi connectivity index (χ0) is 21.8. The predicted molar refractivity (Wildman–Crippen MR) is 122 cm³/mol. The molecule has 0 bridgehead atoms. The first kappa shape index (κ1) is 21.2. The monoisotopic (exact) mass is 433 g/mol. The number of hydrogen-bond donors (Lipinski definition) is 0. The lowest BCUT2D eigenvalue weighted by atomic mass is 9.83. The minimum absolute atomic E-state index is 0.0745. The molecule has 2 aromatic carbocycles. The SMILES string of the molecule is Cc1ncc(CN(C)C(=O)C2CCC(=O)N(Cc3ccccc3)C2c2ccccc2)s1. The number of piperidine rings is 1. The Morgan fingerprint density at radius 1 is 1.13 bits per heavy atom. The number of rotatable bonds is 6. The number of likely N-dealkylation sites (tertiary alicyclic amines) is 1. The van der Waals surface area contributed by atoms with Crippen LogP contribution in [0.5, 0.6) is 0 Å². The molecule has 0 radical (unpaired) electrons. The maximum Gasteiger partial charge on any atom is 0.228 e. The minimum Gasteiger partial charge on any atom is -0.340 e. The van der Waals surface area contributed by atoms with Crippen molar-refractivity contribution in [3.8, 4) is 0 Å². The standard InChI is InChI=1S/C25H27N3O2S/c1-18-26-15-21(31-18)17-27(2)25(30)22-13-14-23(29)28(16-19-9-5-3-6-10-19)24(22)20-11-7-4-8-12-20/h3-12,15,22,24H,13-14,16-17H2,1-2H3. The number of benzene rings is 2. The normalized spacial score (nSPS) is 18.8. The van der Waals surface area contributed by atoms with Crippen molar-refractivity contribution in [1.82, 2.24) is 14.8 Å². The van der Waals surface area contributed by atoms with Gasteiger partial charge in [-0.15, -0.1) is 11.3 Å². The van der Waals surface area contributed by atoms with E-state index in [4.69, 9.17) is 0 Å². The van der Waals surface area contributed by atoms with Crippen molar-refractivity contribution in [3.05, 3.63) is 87.9 Å². The molecule has 2 heterocycles. The molecule has 2 atom stereocenters. The molecule has 4 rings (SSSR count). The molecule has 31 heavy (non-hydrogen) atoms. The van der Waals surface area contributed by atoms with Gasteiger partial charge in [-0.2, -0.15) is 0 Å². The summed E-state index contributed by atoms with van der Waals surface area (Å²) in [4.78, 5) is 35.6. The second-order valence-corrected chi connectivity index (χ2v) is 9.37. The van der Waals surface area contributed by atoms with Gasteiger partial charge in [0, 0.05) is 31.1 Å². The molecule has 6 heteroatoms. The van der Waals surface area contributed by atoms with Crippen molar-refractivity contribution in [2.75, 3.05) is 7.05 Å².